The molecule has 0 saturated carbocycles. The topological polar surface area (TPSA) is 56.1 Å². The van der Waals surface area contributed by atoms with Crippen LogP contribution in [0.5, 0.6) is 0 Å². The first kappa shape index (κ1) is 15.5. The molecule has 0 aromatic heterocycles. The van der Waals surface area contributed by atoms with Crippen molar-refractivity contribution in [3.05, 3.63) is 35.4 Å². The van der Waals surface area contributed by atoms with Gasteiger partial charge in [-0.3, -0.25) is 4.79 Å². The molecule has 2 unspecified atom stereocenters. The van der Waals surface area contributed by atoms with E-state index in [2.05, 4.69) is 25.2 Å². The number of piperazine rings is 1. The van der Waals surface area contributed by atoms with Gasteiger partial charge in [-0.1, -0.05) is 0 Å². The van der Waals surface area contributed by atoms with Gasteiger partial charge in [0.1, 0.15) is 0 Å². The highest BCUT2D eigenvalue weighted by molar-refractivity contribution is 5.94. The minimum absolute atomic E-state index is 0. The number of benzene rings is 1. The molecule has 1 saturated heterocycles. The molecule has 102 valence electrons. The highest BCUT2D eigenvalue weighted by Crippen LogP contribution is 2.14. The number of hydrogen-bond acceptors (Lipinski definition) is 3. The summed E-state index contributed by atoms with van der Waals surface area (Å²) in [6.45, 7) is 5.69. The van der Waals surface area contributed by atoms with Crippen molar-refractivity contribution in [3.63, 3.8) is 0 Å². The van der Waals surface area contributed by atoms with Gasteiger partial charge in [0.15, 0.2) is 0 Å². The molecule has 0 spiro atoms. The Morgan fingerprint density at radius 3 is 2.58 bits per heavy atom. The summed E-state index contributed by atoms with van der Waals surface area (Å²) in [4.78, 5) is 14.3. The molecule has 1 N–H and O–H groups in total. The van der Waals surface area contributed by atoms with Gasteiger partial charge in [-0.05, 0) is 38.1 Å². The predicted molar refractivity (Wildman–Crippen MR) is 76.4 cm³/mol. The van der Waals surface area contributed by atoms with Crippen molar-refractivity contribution in [2.45, 2.75) is 25.9 Å². The molecule has 1 heterocycles. The van der Waals surface area contributed by atoms with Gasteiger partial charge in [0.25, 0.3) is 5.91 Å². The van der Waals surface area contributed by atoms with E-state index in [-0.39, 0.29) is 24.4 Å². The van der Waals surface area contributed by atoms with E-state index in [0.29, 0.717) is 17.2 Å². The van der Waals surface area contributed by atoms with E-state index in [1.807, 2.05) is 4.90 Å². The van der Waals surface area contributed by atoms with Crippen LogP contribution in [-0.2, 0) is 0 Å². The number of nitrogens with zero attached hydrogens (tertiary/aromatic N) is 2. The van der Waals surface area contributed by atoms with Crippen LogP contribution in [0, 0.1) is 11.3 Å². The zero-order valence-electron chi connectivity index (χ0n) is 11.1. The largest absolute Gasteiger partial charge is 0.333 e. The lowest BCUT2D eigenvalue weighted by Gasteiger charge is -2.38. The van der Waals surface area contributed by atoms with Crippen LogP contribution in [0.25, 0.3) is 0 Å². The highest BCUT2D eigenvalue weighted by atomic mass is 35.5. The Morgan fingerprint density at radius 2 is 2.00 bits per heavy atom. The molecule has 5 heteroatoms. The molecule has 0 radical (unpaired) electrons. The van der Waals surface area contributed by atoms with Crippen molar-refractivity contribution in [1.29, 1.82) is 5.26 Å². The van der Waals surface area contributed by atoms with E-state index in [1.165, 1.54) is 0 Å². The SMILES string of the molecule is CC1NCCN(C(=O)c2ccc(C#N)cc2)C1C.Cl. The number of nitriles is 1. The fourth-order valence-corrected chi connectivity index (χ4v) is 2.20. The van der Waals surface area contributed by atoms with Gasteiger partial charge in [0, 0.05) is 30.7 Å². The minimum Gasteiger partial charge on any atom is -0.333 e. The molecule has 1 aliphatic heterocycles. The zero-order chi connectivity index (χ0) is 13.1. The summed E-state index contributed by atoms with van der Waals surface area (Å²) in [6.07, 6.45) is 0. The summed E-state index contributed by atoms with van der Waals surface area (Å²) in [5.74, 6) is 0.0420. The third kappa shape index (κ3) is 3.25. The minimum atomic E-state index is 0. The van der Waals surface area contributed by atoms with Gasteiger partial charge in [0.2, 0.25) is 0 Å². The first-order chi connectivity index (χ1) is 8.63. The van der Waals surface area contributed by atoms with E-state index in [9.17, 15) is 4.79 Å². The summed E-state index contributed by atoms with van der Waals surface area (Å²) in [5.41, 5.74) is 1.23. The fourth-order valence-electron chi connectivity index (χ4n) is 2.20. The van der Waals surface area contributed by atoms with E-state index in [1.54, 1.807) is 24.3 Å². The fraction of sp³-hybridized carbons (Fsp3) is 0.429. The van der Waals surface area contributed by atoms with Crippen LogP contribution < -0.4 is 5.32 Å². The number of carbonyl (C=O) groups excluding carboxylic acids is 1. The van der Waals surface area contributed by atoms with E-state index < -0.39 is 0 Å². The lowest BCUT2D eigenvalue weighted by Crippen LogP contribution is -2.57. The molecule has 1 aliphatic rings. The quantitative estimate of drug-likeness (QED) is 0.853. The third-order valence-corrected chi connectivity index (χ3v) is 3.56. The second-order valence-electron chi connectivity index (χ2n) is 4.67. The Balaban J connectivity index is 0.00000180. The molecule has 2 rings (SSSR count). The van der Waals surface area contributed by atoms with E-state index in [0.717, 1.165) is 13.1 Å². The Labute approximate surface area is 119 Å². The molecule has 1 amide bonds. The number of nitrogens with one attached hydrogen (secondary N) is 1. The van der Waals surface area contributed by atoms with Gasteiger partial charge in [-0.15, -0.1) is 12.4 Å². The predicted octanol–water partition coefficient (Wildman–Crippen LogP) is 1.80. The lowest BCUT2D eigenvalue weighted by molar-refractivity contribution is 0.0603. The van der Waals surface area contributed by atoms with Gasteiger partial charge in [-0.2, -0.15) is 5.26 Å². The maximum Gasteiger partial charge on any atom is 0.254 e. The number of amides is 1. The first-order valence-electron chi connectivity index (χ1n) is 6.18. The second kappa shape index (κ2) is 6.55. The number of carbonyl (C=O) groups is 1. The second-order valence-corrected chi connectivity index (χ2v) is 4.67. The summed E-state index contributed by atoms with van der Waals surface area (Å²) in [6, 6.07) is 9.36. The number of rotatable bonds is 1. The van der Waals surface area contributed by atoms with Crippen molar-refractivity contribution in [2.24, 2.45) is 0 Å². The number of hydrogen-bond donors (Lipinski definition) is 1. The molecule has 1 aromatic rings. The van der Waals surface area contributed by atoms with Crippen molar-refractivity contribution >= 4 is 18.3 Å². The number of halogens is 1. The first-order valence-corrected chi connectivity index (χ1v) is 6.18. The summed E-state index contributed by atoms with van der Waals surface area (Å²) >= 11 is 0. The Morgan fingerprint density at radius 1 is 1.37 bits per heavy atom. The molecule has 0 aliphatic carbocycles. The molecule has 0 bridgehead atoms. The molecule has 1 aromatic carbocycles. The standard InChI is InChI=1S/C14H17N3O.ClH/c1-10-11(2)17(8-7-16-10)14(18)13-5-3-12(9-15)4-6-13;/h3-6,10-11,16H,7-8H2,1-2H3;1H. The van der Waals surface area contributed by atoms with Crippen LogP contribution in [0.3, 0.4) is 0 Å². The average Bonchev–Trinajstić information content (AvgIpc) is 2.41. The van der Waals surface area contributed by atoms with Crippen molar-refractivity contribution in [2.75, 3.05) is 13.1 Å². The lowest BCUT2D eigenvalue weighted by atomic mass is 10.0. The monoisotopic (exact) mass is 279 g/mol. The Kier molecular flexibility index (Phi) is 5.34. The summed E-state index contributed by atoms with van der Waals surface area (Å²) < 4.78 is 0. The van der Waals surface area contributed by atoms with Crippen molar-refractivity contribution < 1.29 is 4.79 Å². The Bertz CT molecular complexity index is 480. The van der Waals surface area contributed by atoms with Gasteiger partial charge >= 0.3 is 0 Å². The smallest absolute Gasteiger partial charge is 0.254 e. The molecule has 1 fully saturated rings. The third-order valence-electron chi connectivity index (χ3n) is 3.56. The van der Waals surface area contributed by atoms with E-state index >= 15 is 0 Å². The molecule has 4 nitrogen and oxygen atoms in total. The maximum atomic E-state index is 12.4. The van der Waals surface area contributed by atoms with Crippen LogP contribution in [0.4, 0.5) is 0 Å². The van der Waals surface area contributed by atoms with Crippen LogP contribution >= 0.6 is 12.4 Å². The van der Waals surface area contributed by atoms with Crippen molar-refractivity contribution in [1.82, 2.24) is 10.2 Å². The van der Waals surface area contributed by atoms with Crippen LogP contribution in [0.1, 0.15) is 29.8 Å². The molecular weight excluding hydrogens is 262 g/mol. The zero-order valence-corrected chi connectivity index (χ0v) is 11.9. The van der Waals surface area contributed by atoms with Crippen LogP contribution in [0.15, 0.2) is 24.3 Å². The van der Waals surface area contributed by atoms with Gasteiger partial charge in [0.05, 0.1) is 11.6 Å². The van der Waals surface area contributed by atoms with Crippen LogP contribution in [0.2, 0.25) is 0 Å². The normalized spacial score (nSPS) is 22.3. The van der Waals surface area contributed by atoms with Crippen LogP contribution in [-0.4, -0.2) is 36.0 Å². The van der Waals surface area contributed by atoms with Gasteiger partial charge < -0.3 is 10.2 Å². The maximum absolute atomic E-state index is 12.4. The van der Waals surface area contributed by atoms with Gasteiger partial charge in [-0.25, -0.2) is 0 Å². The molecule has 19 heavy (non-hydrogen) atoms. The summed E-state index contributed by atoms with van der Waals surface area (Å²) in [5, 5.41) is 12.1. The molecule has 2 atom stereocenters. The van der Waals surface area contributed by atoms with Crippen molar-refractivity contribution in [3.8, 4) is 6.07 Å². The average molecular weight is 280 g/mol. The molecular formula is C14H18ClN3O. The van der Waals surface area contributed by atoms with E-state index in [4.69, 9.17) is 5.26 Å². The highest BCUT2D eigenvalue weighted by Gasteiger charge is 2.28. The Hall–Kier alpha value is -1.57. The summed E-state index contributed by atoms with van der Waals surface area (Å²) in [7, 11) is 0.